The average molecular weight is 343 g/mol. The Kier molecular flexibility index (Phi) is 6.15. The molecule has 1 aromatic heterocycles. The van der Waals surface area contributed by atoms with Gasteiger partial charge in [-0.2, -0.15) is 8.78 Å². The molecule has 0 amide bonds. The zero-order valence-electron chi connectivity index (χ0n) is 14.3. The SMILES string of the molecule is CC(CN1CCOCC1)N1CCN(Cc2nccn2C(F)F)CC1. The molecule has 1 atom stereocenters. The zero-order chi connectivity index (χ0) is 16.9. The number of halogens is 2. The number of imidazole rings is 1. The van der Waals surface area contributed by atoms with Gasteiger partial charge in [0, 0.05) is 64.2 Å². The van der Waals surface area contributed by atoms with Gasteiger partial charge in [0.25, 0.3) is 0 Å². The minimum Gasteiger partial charge on any atom is -0.379 e. The molecule has 0 aliphatic carbocycles. The van der Waals surface area contributed by atoms with Crippen molar-refractivity contribution in [3.05, 3.63) is 18.2 Å². The molecule has 1 aromatic rings. The molecular weight excluding hydrogens is 316 g/mol. The molecule has 0 bridgehead atoms. The Morgan fingerprint density at radius 3 is 2.46 bits per heavy atom. The topological polar surface area (TPSA) is 36.8 Å². The lowest BCUT2D eigenvalue weighted by Gasteiger charge is -2.40. The summed E-state index contributed by atoms with van der Waals surface area (Å²) >= 11 is 0. The van der Waals surface area contributed by atoms with Crippen molar-refractivity contribution in [1.82, 2.24) is 24.3 Å². The molecule has 3 heterocycles. The van der Waals surface area contributed by atoms with E-state index in [4.69, 9.17) is 4.74 Å². The van der Waals surface area contributed by atoms with E-state index in [1.54, 1.807) is 0 Å². The van der Waals surface area contributed by atoms with E-state index >= 15 is 0 Å². The van der Waals surface area contributed by atoms with Crippen molar-refractivity contribution in [3.63, 3.8) is 0 Å². The minimum atomic E-state index is -2.52. The molecule has 2 aliphatic heterocycles. The molecule has 8 heteroatoms. The number of hydrogen-bond acceptors (Lipinski definition) is 5. The Bertz CT molecular complexity index is 498. The maximum absolute atomic E-state index is 12.9. The number of aromatic nitrogens is 2. The zero-order valence-corrected chi connectivity index (χ0v) is 14.3. The second kappa shape index (κ2) is 8.33. The normalized spacial score (nSPS) is 23.0. The Labute approximate surface area is 142 Å². The van der Waals surface area contributed by atoms with E-state index < -0.39 is 6.55 Å². The lowest BCUT2D eigenvalue weighted by atomic mass is 10.2. The van der Waals surface area contributed by atoms with Crippen molar-refractivity contribution in [1.29, 1.82) is 0 Å². The van der Waals surface area contributed by atoms with Gasteiger partial charge in [0.05, 0.1) is 19.8 Å². The van der Waals surface area contributed by atoms with Gasteiger partial charge in [-0.05, 0) is 6.92 Å². The predicted octanol–water partition coefficient (Wildman–Crippen LogP) is 1.12. The van der Waals surface area contributed by atoms with E-state index in [-0.39, 0.29) is 0 Å². The van der Waals surface area contributed by atoms with Gasteiger partial charge in [0.1, 0.15) is 5.82 Å². The monoisotopic (exact) mass is 343 g/mol. The van der Waals surface area contributed by atoms with E-state index in [1.165, 1.54) is 12.4 Å². The third-order valence-electron chi connectivity index (χ3n) is 4.98. The molecule has 6 nitrogen and oxygen atoms in total. The number of rotatable bonds is 6. The van der Waals surface area contributed by atoms with Crippen LogP contribution in [0.1, 0.15) is 19.3 Å². The molecule has 0 saturated carbocycles. The fourth-order valence-electron chi connectivity index (χ4n) is 3.48. The summed E-state index contributed by atoms with van der Waals surface area (Å²) in [6.45, 7) is 8.74. The molecule has 3 rings (SSSR count). The van der Waals surface area contributed by atoms with Crippen molar-refractivity contribution < 1.29 is 13.5 Å². The Morgan fingerprint density at radius 2 is 1.79 bits per heavy atom. The lowest BCUT2D eigenvalue weighted by molar-refractivity contribution is 0.0163. The Morgan fingerprint density at radius 1 is 1.08 bits per heavy atom. The maximum atomic E-state index is 12.9. The Hall–Kier alpha value is -1.09. The molecular formula is C16H27F2N5O. The van der Waals surface area contributed by atoms with E-state index in [9.17, 15) is 8.78 Å². The summed E-state index contributed by atoms with van der Waals surface area (Å²) in [5.74, 6) is 0.444. The van der Waals surface area contributed by atoms with Gasteiger partial charge in [-0.1, -0.05) is 0 Å². The molecule has 2 aliphatic rings. The van der Waals surface area contributed by atoms with Gasteiger partial charge in [-0.15, -0.1) is 0 Å². The van der Waals surface area contributed by atoms with E-state index in [2.05, 4.69) is 26.6 Å². The van der Waals surface area contributed by atoms with E-state index in [0.29, 0.717) is 18.4 Å². The summed E-state index contributed by atoms with van der Waals surface area (Å²) in [7, 11) is 0. The molecule has 0 spiro atoms. The minimum absolute atomic E-state index is 0.444. The van der Waals surface area contributed by atoms with Crippen molar-refractivity contribution in [2.75, 3.05) is 59.0 Å². The summed E-state index contributed by atoms with van der Waals surface area (Å²) < 4.78 is 32.1. The van der Waals surface area contributed by atoms with Crippen LogP contribution in [-0.4, -0.2) is 89.3 Å². The highest BCUT2D eigenvalue weighted by atomic mass is 19.3. The van der Waals surface area contributed by atoms with Crippen LogP contribution < -0.4 is 0 Å². The van der Waals surface area contributed by atoms with Gasteiger partial charge in [0.2, 0.25) is 0 Å². The highest BCUT2D eigenvalue weighted by molar-refractivity contribution is 4.93. The number of nitrogens with zero attached hydrogens (tertiary/aromatic N) is 5. The van der Waals surface area contributed by atoms with Crippen LogP contribution in [0.15, 0.2) is 12.4 Å². The largest absolute Gasteiger partial charge is 0.379 e. The van der Waals surface area contributed by atoms with Gasteiger partial charge in [-0.3, -0.25) is 19.3 Å². The molecule has 136 valence electrons. The van der Waals surface area contributed by atoms with Gasteiger partial charge >= 0.3 is 6.55 Å². The fraction of sp³-hybridized carbons (Fsp3) is 0.812. The second-order valence-corrected chi connectivity index (χ2v) is 6.60. The summed E-state index contributed by atoms with van der Waals surface area (Å²) in [5.41, 5.74) is 0. The number of ether oxygens (including phenoxy) is 1. The quantitative estimate of drug-likeness (QED) is 0.774. The summed E-state index contributed by atoms with van der Waals surface area (Å²) in [5, 5.41) is 0. The molecule has 0 aromatic carbocycles. The molecule has 24 heavy (non-hydrogen) atoms. The summed E-state index contributed by atoms with van der Waals surface area (Å²) in [6.07, 6.45) is 2.79. The first-order valence-electron chi connectivity index (χ1n) is 8.70. The number of alkyl halides is 2. The highest BCUT2D eigenvalue weighted by Gasteiger charge is 2.24. The van der Waals surface area contributed by atoms with E-state index in [0.717, 1.165) is 63.6 Å². The average Bonchev–Trinajstić information content (AvgIpc) is 3.05. The van der Waals surface area contributed by atoms with Crippen molar-refractivity contribution in [2.45, 2.75) is 26.1 Å². The van der Waals surface area contributed by atoms with E-state index in [1.807, 2.05) is 0 Å². The highest BCUT2D eigenvalue weighted by Crippen LogP contribution is 2.16. The van der Waals surface area contributed by atoms with Crippen LogP contribution in [0.25, 0.3) is 0 Å². The van der Waals surface area contributed by atoms with Gasteiger partial charge in [0.15, 0.2) is 0 Å². The molecule has 2 fully saturated rings. The van der Waals surface area contributed by atoms with Crippen LogP contribution in [0.5, 0.6) is 0 Å². The van der Waals surface area contributed by atoms with Crippen LogP contribution in [0.2, 0.25) is 0 Å². The Balaban J connectivity index is 1.44. The fourth-order valence-corrected chi connectivity index (χ4v) is 3.48. The summed E-state index contributed by atoms with van der Waals surface area (Å²) in [6, 6.07) is 0.508. The molecule has 0 N–H and O–H groups in total. The first kappa shape index (κ1) is 17.7. The van der Waals surface area contributed by atoms with Crippen LogP contribution in [-0.2, 0) is 11.3 Å². The van der Waals surface area contributed by atoms with Gasteiger partial charge in [-0.25, -0.2) is 4.98 Å². The van der Waals surface area contributed by atoms with Crippen molar-refractivity contribution in [2.24, 2.45) is 0 Å². The number of morpholine rings is 1. The molecule has 0 radical (unpaired) electrons. The smallest absolute Gasteiger partial charge is 0.319 e. The predicted molar refractivity (Wildman–Crippen MR) is 87.1 cm³/mol. The first-order chi connectivity index (χ1) is 11.6. The number of hydrogen-bond donors (Lipinski definition) is 0. The molecule has 2 saturated heterocycles. The third kappa shape index (κ3) is 4.50. The standard InChI is InChI=1S/C16H27F2N5O/c1-14(12-21-8-10-24-11-9-21)22-6-4-20(5-7-22)13-15-19-2-3-23(15)16(17)18/h2-3,14,16H,4-13H2,1H3. The third-order valence-corrected chi connectivity index (χ3v) is 4.98. The lowest BCUT2D eigenvalue weighted by Crippen LogP contribution is -2.53. The van der Waals surface area contributed by atoms with Crippen LogP contribution in [0.4, 0.5) is 8.78 Å². The molecule has 1 unspecified atom stereocenters. The van der Waals surface area contributed by atoms with Crippen LogP contribution in [0, 0.1) is 0 Å². The summed E-state index contributed by atoms with van der Waals surface area (Å²) in [4.78, 5) is 11.2. The van der Waals surface area contributed by atoms with Crippen molar-refractivity contribution in [3.8, 4) is 0 Å². The maximum Gasteiger partial charge on any atom is 0.319 e. The van der Waals surface area contributed by atoms with Gasteiger partial charge < -0.3 is 4.74 Å². The van der Waals surface area contributed by atoms with Crippen molar-refractivity contribution >= 4 is 0 Å². The second-order valence-electron chi connectivity index (χ2n) is 6.60. The van der Waals surface area contributed by atoms with Crippen LogP contribution >= 0.6 is 0 Å². The van der Waals surface area contributed by atoms with Crippen LogP contribution in [0.3, 0.4) is 0 Å². The number of piperazine rings is 1. The first-order valence-corrected chi connectivity index (χ1v) is 8.70.